The monoisotopic (exact) mass is 570 g/mol. The quantitative estimate of drug-likeness (QED) is 0.118. The third-order valence-electron chi connectivity index (χ3n) is 9.14. The van der Waals surface area contributed by atoms with E-state index in [1.807, 2.05) is 56.3 Å². The maximum Gasteiger partial charge on any atom is 0.339 e. The highest BCUT2D eigenvalue weighted by molar-refractivity contribution is 6.23. The molecule has 1 saturated heterocycles. The number of esters is 1. The first-order valence-corrected chi connectivity index (χ1v) is 14.6. The molecule has 2 fully saturated rings. The van der Waals surface area contributed by atoms with Crippen molar-refractivity contribution in [3.63, 3.8) is 0 Å². The molecule has 2 amide bonds. The van der Waals surface area contributed by atoms with Crippen molar-refractivity contribution in [2.45, 2.75) is 33.3 Å². The van der Waals surface area contributed by atoms with E-state index in [0.717, 1.165) is 17.5 Å². The molecule has 1 saturated carbocycles. The molecule has 43 heavy (non-hydrogen) atoms. The van der Waals surface area contributed by atoms with Crippen LogP contribution in [0.15, 0.2) is 84.9 Å². The zero-order valence-electron chi connectivity index (χ0n) is 24.1. The van der Waals surface area contributed by atoms with Crippen LogP contribution in [0, 0.1) is 37.5 Å². The maximum atomic E-state index is 13.5. The Kier molecular flexibility index (Phi) is 6.34. The lowest BCUT2D eigenvalue weighted by atomic mass is 9.85. The summed E-state index contributed by atoms with van der Waals surface area (Å²) in [5.74, 6) is -1.38. The second kappa shape index (κ2) is 10.1. The molecule has 2 bridgehead atoms. The van der Waals surface area contributed by atoms with Crippen LogP contribution in [0.25, 0.3) is 22.2 Å². The van der Waals surface area contributed by atoms with E-state index >= 15 is 0 Å². The minimum absolute atomic E-state index is 0.126. The van der Waals surface area contributed by atoms with Crippen molar-refractivity contribution in [1.82, 2.24) is 4.98 Å². The van der Waals surface area contributed by atoms with Crippen LogP contribution < -0.4 is 4.90 Å². The largest absolute Gasteiger partial charge is 0.451 e. The van der Waals surface area contributed by atoms with Crippen LogP contribution >= 0.6 is 0 Å². The molecule has 1 aliphatic heterocycles. The van der Waals surface area contributed by atoms with E-state index in [9.17, 15) is 19.2 Å². The van der Waals surface area contributed by atoms with Crippen molar-refractivity contribution in [2.24, 2.45) is 23.7 Å². The fourth-order valence-electron chi connectivity index (χ4n) is 6.88. The number of benzene rings is 3. The number of amides is 2. The number of hydrogen-bond acceptors (Lipinski definition) is 6. The Balaban J connectivity index is 1.18. The number of fused-ring (bicyclic) bond motifs is 6. The van der Waals surface area contributed by atoms with Gasteiger partial charge in [0.15, 0.2) is 6.10 Å². The highest BCUT2D eigenvalue weighted by Gasteiger charge is 2.59. The minimum atomic E-state index is -0.980. The van der Waals surface area contributed by atoms with E-state index in [-0.39, 0.29) is 41.3 Å². The van der Waals surface area contributed by atoms with Crippen molar-refractivity contribution < 1.29 is 23.9 Å². The minimum Gasteiger partial charge on any atom is -0.451 e. The number of pyridine rings is 1. The molecule has 0 radical (unpaired) electrons. The zero-order valence-corrected chi connectivity index (χ0v) is 24.1. The SMILES string of the molecule is Cc1ccc(C(=O)[C@@H](C)OC(=O)c2cc(-c3ccc(N4C(=O)[C@@H]5[C@H](C4=O)[C@@H]4C=C[C@H]5C4)cc3)nc3c(C)cccc23)cc1. The standard InChI is InChI=1S/C36H30N2O5/c1-19-7-9-23(10-8-19)33(39)21(3)43-36(42)28-18-29(37-32-20(2)5-4-6-27(28)32)22-13-15-26(16-14-22)38-34(40)30-24-11-12-25(17-24)31(30)35(38)41/h4-16,18,21,24-25,30-31H,17H2,1-3H3/t21-,24-,25+,30-,31+/m1/s1. The predicted octanol–water partition coefficient (Wildman–Crippen LogP) is 6.26. The van der Waals surface area contributed by atoms with Gasteiger partial charge in [0, 0.05) is 16.5 Å². The lowest BCUT2D eigenvalue weighted by molar-refractivity contribution is -0.123. The number of aryl methyl sites for hydroxylation is 2. The molecule has 7 heteroatoms. The van der Waals surface area contributed by atoms with E-state index in [1.165, 1.54) is 4.90 Å². The molecule has 2 aliphatic carbocycles. The number of Topliss-reactive ketones (excluding diaryl/α,β-unsaturated/α-hetero) is 1. The van der Waals surface area contributed by atoms with Crippen LogP contribution in [-0.2, 0) is 14.3 Å². The summed E-state index contributed by atoms with van der Waals surface area (Å²) >= 11 is 0. The van der Waals surface area contributed by atoms with E-state index in [4.69, 9.17) is 9.72 Å². The number of anilines is 1. The van der Waals surface area contributed by atoms with E-state index in [1.54, 1.807) is 37.3 Å². The van der Waals surface area contributed by atoms with Gasteiger partial charge in [-0.1, -0.05) is 72.3 Å². The molecule has 3 aliphatic rings. The number of nitrogens with zero attached hydrogens (tertiary/aromatic N) is 2. The number of ether oxygens (including phenoxy) is 1. The summed E-state index contributed by atoms with van der Waals surface area (Å²) in [6, 6.07) is 21.5. The number of carbonyl (C=O) groups excluding carboxylic acids is 4. The molecule has 7 rings (SSSR count). The number of imide groups is 1. The second-order valence-electron chi connectivity index (χ2n) is 11.9. The van der Waals surface area contributed by atoms with Gasteiger partial charge in [-0.25, -0.2) is 9.78 Å². The third kappa shape index (κ3) is 4.38. The highest BCUT2D eigenvalue weighted by Crippen LogP contribution is 2.53. The second-order valence-corrected chi connectivity index (χ2v) is 11.9. The van der Waals surface area contributed by atoms with Crippen molar-refractivity contribution in [2.75, 3.05) is 4.90 Å². The molecular formula is C36H30N2O5. The molecule has 3 aromatic carbocycles. The maximum absolute atomic E-state index is 13.5. The zero-order chi connectivity index (χ0) is 30.0. The first-order chi connectivity index (χ1) is 20.7. The molecular weight excluding hydrogens is 540 g/mol. The molecule has 0 unspecified atom stereocenters. The van der Waals surface area contributed by atoms with Crippen LogP contribution in [0.1, 0.15) is 45.2 Å². The number of allylic oxidation sites excluding steroid dienone is 2. The van der Waals surface area contributed by atoms with Gasteiger partial charge in [0.25, 0.3) is 0 Å². The van der Waals surface area contributed by atoms with Crippen molar-refractivity contribution in [1.29, 1.82) is 0 Å². The van der Waals surface area contributed by atoms with Crippen LogP contribution in [0.4, 0.5) is 5.69 Å². The predicted molar refractivity (Wildman–Crippen MR) is 163 cm³/mol. The number of hydrogen-bond donors (Lipinski definition) is 0. The molecule has 5 atom stereocenters. The van der Waals surface area contributed by atoms with Gasteiger partial charge in [0.1, 0.15) is 0 Å². The molecule has 1 aromatic heterocycles. The lowest BCUT2D eigenvalue weighted by Gasteiger charge is -2.18. The number of rotatable bonds is 6. The summed E-state index contributed by atoms with van der Waals surface area (Å²) in [5, 5.41) is 0.628. The number of carbonyl (C=O) groups is 4. The topological polar surface area (TPSA) is 93.6 Å². The molecule has 4 aromatic rings. The number of aromatic nitrogens is 1. The summed E-state index contributed by atoms with van der Waals surface area (Å²) in [5.41, 5.74) is 5.13. The van der Waals surface area contributed by atoms with E-state index in [0.29, 0.717) is 39.0 Å². The van der Waals surface area contributed by atoms with Crippen molar-refractivity contribution >= 4 is 40.2 Å². The van der Waals surface area contributed by atoms with Crippen LogP contribution in [-0.4, -0.2) is 34.7 Å². The lowest BCUT2D eigenvalue weighted by Crippen LogP contribution is -2.32. The fourth-order valence-corrected chi connectivity index (χ4v) is 6.88. The molecule has 7 nitrogen and oxygen atoms in total. The van der Waals surface area contributed by atoms with Gasteiger partial charge in [-0.2, -0.15) is 0 Å². The van der Waals surface area contributed by atoms with Gasteiger partial charge in [-0.3, -0.25) is 19.3 Å². The van der Waals surface area contributed by atoms with Crippen LogP contribution in [0.2, 0.25) is 0 Å². The highest BCUT2D eigenvalue weighted by atomic mass is 16.5. The van der Waals surface area contributed by atoms with Crippen molar-refractivity contribution in [3.05, 3.63) is 107 Å². The Morgan fingerprint density at radius 3 is 2.19 bits per heavy atom. The number of ketones is 1. The summed E-state index contributed by atoms with van der Waals surface area (Å²) in [6.45, 7) is 5.44. The average molecular weight is 571 g/mol. The number of para-hydroxylation sites is 1. The molecule has 2 heterocycles. The summed E-state index contributed by atoms with van der Waals surface area (Å²) in [7, 11) is 0. The first kappa shape index (κ1) is 27.0. The van der Waals surface area contributed by atoms with E-state index < -0.39 is 12.1 Å². The Morgan fingerprint density at radius 1 is 0.884 bits per heavy atom. The molecule has 0 spiro atoms. The van der Waals surface area contributed by atoms with Gasteiger partial charge in [0.05, 0.1) is 34.3 Å². The third-order valence-corrected chi connectivity index (χ3v) is 9.14. The van der Waals surface area contributed by atoms with Crippen LogP contribution in [0.5, 0.6) is 0 Å². The van der Waals surface area contributed by atoms with Crippen LogP contribution in [0.3, 0.4) is 0 Å². The van der Waals surface area contributed by atoms with Gasteiger partial charge in [-0.05, 0) is 62.8 Å². The molecule has 0 N–H and O–H groups in total. The normalized spacial score (nSPS) is 22.7. The van der Waals surface area contributed by atoms with Gasteiger partial charge in [-0.15, -0.1) is 0 Å². The van der Waals surface area contributed by atoms with Gasteiger partial charge >= 0.3 is 5.97 Å². The summed E-state index contributed by atoms with van der Waals surface area (Å²) in [4.78, 5) is 59.2. The summed E-state index contributed by atoms with van der Waals surface area (Å²) < 4.78 is 5.69. The van der Waals surface area contributed by atoms with Gasteiger partial charge < -0.3 is 4.74 Å². The Labute approximate surface area is 249 Å². The Bertz CT molecular complexity index is 1830. The van der Waals surface area contributed by atoms with E-state index in [2.05, 4.69) is 12.2 Å². The average Bonchev–Trinajstić information content (AvgIpc) is 3.70. The Morgan fingerprint density at radius 2 is 1.53 bits per heavy atom. The summed E-state index contributed by atoms with van der Waals surface area (Å²) in [6.07, 6.45) is 4.07. The molecule has 214 valence electrons. The fraction of sp³-hybridized carbons (Fsp3) is 0.250. The van der Waals surface area contributed by atoms with Crippen molar-refractivity contribution in [3.8, 4) is 11.3 Å². The Hall–Kier alpha value is -4.91. The first-order valence-electron chi connectivity index (χ1n) is 14.6. The smallest absolute Gasteiger partial charge is 0.339 e. The van der Waals surface area contributed by atoms with Gasteiger partial charge in [0.2, 0.25) is 17.6 Å².